The van der Waals surface area contributed by atoms with Crippen molar-refractivity contribution in [2.24, 2.45) is 4.99 Å². The molecular weight excluding hydrogens is 367 g/mol. The number of nitrogens with zero attached hydrogens (tertiary/aromatic N) is 1. The monoisotopic (exact) mass is 386 g/mol. The fourth-order valence-electron chi connectivity index (χ4n) is 2.87. The number of nitrogens with one attached hydrogen (secondary N) is 1. The minimum atomic E-state index is 0.263. The van der Waals surface area contributed by atoms with E-state index in [1.54, 1.807) is 0 Å². The molecule has 2 aliphatic rings. The van der Waals surface area contributed by atoms with Crippen molar-refractivity contribution >= 4 is 45.2 Å². The highest BCUT2D eigenvalue weighted by Crippen LogP contribution is 2.41. The van der Waals surface area contributed by atoms with Crippen LogP contribution in [0, 0.1) is 17.4 Å². The van der Waals surface area contributed by atoms with E-state index in [-0.39, 0.29) is 5.54 Å². The molecule has 1 saturated carbocycles. The molecule has 19 heavy (non-hydrogen) atoms. The van der Waals surface area contributed by atoms with Crippen molar-refractivity contribution in [2.45, 2.75) is 45.1 Å². The number of hydrogen-bond donors (Lipinski definition) is 1. The Morgan fingerprint density at radius 3 is 2.68 bits per heavy atom. The SMILES string of the molecule is Cc1c(I)ccc(NC2=NC3(CCCC3)CS2)c1C. The normalized spacial score (nSPS) is 20.9. The van der Waals surface area contributed by atoms with Crippen molar-refractivity contribution in [1.82, 2.24) is 0 Å². The third kappa shape index (κ3) is 2.66. The molecule has 1 heterocycles. The topological polar surface area (TPSA) is 24.4 Å². The van der Waals surface area contributed by atoms with Crippen LogP contribution in [0.5, 0.6) is 0 Å². The molecule has 1 spiro atoms. The van der Waals surface area contributed by atoms with Gasteiger partial charge in [-0.25, -0.2) is 0 Å². The summed E-state index contributed by atoms with van der Waals surface area (Å²) in [4.78, 5) is 4.97. The Morgan fingerprint density at radius 1 is 1.21 bits per heavy atom. The van der Waals surface area contributed by atoms with E-state index in [0.717, 1.165) is 10.9 Å². The largest absolute Gasteiger partial charge is 0.335 e. The highest BCUT2D eigenvalue weighted by molar-refractivity contribution is 14.1. The zero-order valence-electron chi connectivity index (χ0n) is 11.4. The standard InChI is InChI=1S/C15H19IN2S/c1-10-11(2)13(6-5-12(10)16)17-14-18-15(9-19-14)7-3-4-8-15/h5-6H,3-4,7-9H2,1-2H3,(H,17,18). The van der Waals surface area contributed by atoms with Crippen LogP contribution < -0.4 is 5.32 Å². The van der Waals surface area contributed by atoms with Gasteiger partial charge >= 0.3 is 0 Å². The van der Waals surface area contributed by atoms with Crippen molar-refractivity contribution in [3.8, 4) is 0 Å². The Hall–Kier alpha value is -0.230. The number of aliphatic imine (C=N–C) groups is 1. The Balaban J connectivity index is 1.81. The van der Waals surface area contributed by atoms with Gasteiger partial charge in [0.25, 0.3) is 0 Å². The molecule has 0 amide bonds. The van der Waals surface area contributed by atoms with Gasteiger partial charge in [-0.05, 0) is 72.5 Å². The molecule has 0 atom stereocenters. The summed E-state index contributed by atoms with van der Waals surface area (Å²) in [5.41, 5.74) is 4.17. The minimum Gasteiger partial charge on any atom is -0.335 e. The molecule has 1 aliphatic carbocycles. The average Bonchev–Trinajstić information content (AvgIpc) is 3.01. The zero-order chi connectivity index (χ0) is 13.5. The van der Waals surface area contributed by atoms with Crippen molar-refractivity contribution in [3.05, 3.63) is 26.8 Å². The summed E-state index contributed by atoms with van der Waals surface area (Å²) in [6.45, 7) is 4.37. The van der Waals surface area contributed by atoms with Crippen LogP contribution in [-0.4, -0.2) is 16.5 Å². The first-order valence-electron chi connectivity index (χ1n) is 6.85. The van der Waals surface area contributed by atoms with Crippen molar-refractivity contribution < 1.29 is 0 Å². The van der Waals surface area contributed by atoms with Crippen LogP contribution in [-0.2, 0) is 0 Å². The van der Waals surface area contributed by atoms with E-state index in [2.05, 4.69) is 53.9 Å². The molecule has 0 saturated heterocycles. The number of thioether (sulfide) groups is 1. The Labute approximate surface area is 133 Å². The number of rotatable bonds is 1. The van der Waals surface area contributed by atoms with Crippen LogP contribution in [0.15, 0.2) is 17.1 Å². The smallest absolute Gasteiger partial charge is 0.161 e. The van der Waals surface area contributed by atoms with Crippen LogP contribution in [0.25, 0.3) is 0 Å². The molecule has 1 aromatic carbocycles. The molecule has 1 N–H and O–H groups in total. The highest BCUT2D eigenvalue weighted by atomic mass is 127. The fourth-order valence-corrected chi connectivity index (χ4v) is 4.66. The Morgan fingerprint density at radius 2 is 1.95 bits per heavy atom. The van der Waals surface area contributed by atoms with E-state index in [0.29, 0.717) is 0 Å². The van der Waals surface area contributed by atoms with E-state index in [4.69, 9.17) is 4.99 Å². The number of amidine groups is 1. The van der Waals surface area contributed by atoms with E-state index >= 15 is 0 Å². The summed E-state index contributed by atoms with van der Waals surface area (Å²) >= 11 is 4.28. The lowest BCUT2D eigenvalue weighted by molar-refractivity contribution is 0.508. The molecule has 0 radical (unpaired) electrons. The summed E-state index contributed by atoms with van der Waals surface area (Å²) in [6.07, 6.45) is 5.24. The second-order valence-electron chi connectivity index (χ2n) is 5.61. The van der Waals surface area contributed by atoms with Crippen molar-refractivity contribution in [1.29, 1.82) is 0 Å². The summed E-state index contributed by atoms with van der Waals surface area (Å²) in [5.74, 6) is 1.16. The number of halogens is 1. The molecule has 1 aliphatic heterocycles. The quantitative estimate of drug-likeness (QED) is 0.706. The maximum Gasteiger partial charge on any atom is 0.161 e. The second kappa shape index (κ2) is 5.28. The molecule has 0 aromatic heterocycles. The van der Waals surface area contributed by atoms with E-state index in [1.165, 1.54) is 46.1 Å². The molecule has 1 aromatic rings. The lowest BCUT2D eigenvalue weighted by Crippen LogP contribution is -2.21. The van der Waals surface area contributed by atoms with Gasteiger partial charge in [-0.3, -0.25) is 4.99 Å². The molecule has 102 valence electrons. The predicted molar refractivity (Wildman–Crippen MR) is 93.3 cm³/mol. The van der Waals surface area contributed by atoms with Gasteiger partial charge in [0.1, 0.15) is 0 Å². The van der Waals surface area contributed by atoms with Crippen molar-refractivity contribution in [2.75, 3.05) is 11.1 Å². The van der Waals surface area contributed by atoms with Gasteiger partial charge in [0.15, 0.2) is 5.17 Å². The third-order valence-corrected chi connectivity index (χ3v) is 6.63. The molecular formula is C15H19IN2S. The average molecular weight is 386 g/mol. The van der Waals surface area contributed by atoms with Crippen LogP contribution in [0.3, 0.4) is 0 Å². The van der Waals surface area contributed by atoms with Gasteiger partial charge in [-0.15, -0.1) is 0 Å². The molecule has 1 fully saturated rings. The fraction of sp³-hybridized carbons (Fsp3) is 0.533. The van der Waals surface area contributed by atoms with E-state index in [1.807, 2.05) is 11.8 Å². The maximum absolute atomic E-state index is 4.97. The first kappa shape index (κ1) is 13.7. The number of hydrogen-bond acceptors (Lipinski definition) is 3. The summed E-state index contributed by atoms with van der Waals surface area (Å²) < 4.78 is 1.33. The maximum atomic E-state index is 4.97. The van der Waals surface area contributed by atoms with Gasteiger partial charge in [0.2, 0.25) is 0 Å². The van der Waals surface area contributed by atoms with Crippen LogP contribution in [0.1, 0.15) is 36.8 Å². The Kier molecular flexibility index (Phi) is 3.82. The van der Waals surface area contributed by atoms with Gasteiger partial charge < -0.3 is 5.32 Å². The van der Waals surface area contributed by atoms with Gasteiger partial charge in [0, 0.05) is 15.0 Å². The van der Waals surface area contributed by atoms with Gasteiger partial charge in [-0.2, -0.15) is 0 Å². The molecule has 4 heteroatoms. The molecule has 0 bridgehead atoms. The second-order valence-corrected chi connectivity index (χ2v) is 7.73. The summed E-state index contributed by atoms with van der Waals surface area (Å²) in [7, 11) is 0. The summed E-state index contributed by atoms with van der Waals surface area (Å²) in [6, 6.07) is 4.35. The highest BCUT2D eigenvalue weighted by Gasteiger charge is 2.38. The first-order chi connectivity index (χ1) is 9.10. The van der Waals surface area contributed by atoms with Crippen LogP contribution in [0.4, 0.5) is 5.69 Å². The molecule has 3 rings (SSSR count). The number of anilines is 1. The lowest BCUT2D eigenvalue weighted by Gasteiger charge is -2.16. The summed E-state index contributed by atoms with van der Waals surface area (Å²) in [5, 5.41) is 4.65. The Bertz CT molecular complexity index is 533. The lowest BCUT2D eigenvalue weighted by atomic mass is 10.0. The first-order valence-corrected chi connectivity index (χ1v) is 8.91. The van der Waals surface area contributed by atoms with E-state index in [9.17, 15) is 0 Å². The zero-order valence-corrected chi connectivity index (χ0v) is 14.4. The van der Waals surface area contributed by atoms with E-state index < -0.39 is 0 Å². The third-order valence-electron chi connectivity index (χ3n) is 4.31. The van der Waals surface area contributed by atoms with Crippen molar-refractivity contribution in [3.63, 3.8) is 0 Å². The minimum absolute atomic E-state index is 0.263. The number of benzene rings is 1. The molecule has 0 unspecified atom stereocenters. The van der Waals surface area contributed by atoms with Gasteiger partial charge in [-0.1, -0.05) is 24.6 Å². The van der Waals surface area contributed by atoms with Crippen LogP contribution >= 0.6 is 34.4 Å². The predicted octanol–water partition coefficient (Wildman–Crippen LogP) is 4.74. The molecule has 2 nitrogen and oxygen atoms in total. The van der Waals surface area contributed by atoms with Gasteiger partial charge in [0.05, 0.1) is 5.54 Å². The van der Waals surface area contributed by atoms with Crippen LogP contribution in [0.2, 0.25) is 0 Å².